The zero-order valence-electron chi connectivity index (χ0n) is 10.2. The standard InChI is InChI=1S/C12H15NO5/c1-17-9-4-3-8(5-10(9)18-2)6-11(14)13-7-12(15)16/h3-5H,6-7H2,1-2H3,(H,13,14)(H,15,16). The Kier molecular flexibility index (Phi) is 4.98. The Morgan fingerprint density at radius 2 is 1.89 bits per heavy atom. The summed E-state index contributed by atoms with van der Waals surface area (Å²) in [6.45, 7) is -0.383. The van der Waals surface area contributed by atoms with Gasteiger partial charge in [0.15, 0.2) is 11.5 Å². The van der Waals surface area contributed by atoms with Gasteiger partial charge in [-0.1, -0.05) is 6.07 Å². The van der Waals surface area contributed by atoms with Crippen LogP contribution in [0.1, 0.15) is 5.56 Å². The monoisotopic (exact) mass is 253 g/mol. The summed E-state index contributed by atoms with van der Waals surface area (Å²) in [5.74, 6) is -0.325. The molecule has 0 heterocycles. The second-order valence-electron chi connectivity index (χ2n) is 3.54. The largest absolute Gasteiger partial charge is 0.493 e. The van der Waals surface area contributed by atoms with Crippen molar-refractivity contribution in [1.82, 2.24) is 5.32 Å². The summed E-state index contributed by atoms with van der Waals surface area (Å²) < 4.78 is 10.2. The average molecular weight is 253 g/mol. The van der Waals surface area contributed by atoms with Gasteiger partial charge in [-0.3, -0.25) is 9.59 Å². The zero-order valence-corrected chi connectivity index (χ0v) is 10.2. The first-order valence-electron chi connectivity index (χ1n) is 5.26. The van der Waals surface area contributed by atoms with Gasteiger partial charge in [0.1, 0.15) is 6.54 Å². The number of carbonyl (C=O) groups is 2. The Bertz CT molecular complexity index is 444. The van der Waals surface area contributed by atoms with Crippen molar-refractivity contribution in [2.45, 2.75) is 6.42 Å². The molecule has 0 aliphatic rings. The summed E-state index contributed by atoms with van der Waals surface area (Å²) in [6.07, 6.45) is 0.0909. The molecule has 2 N–H and O–H groups in total. The average Bonchev–Trinajstić information content (AvgIpc) is 2.36. The molecule has 1 aromatic carbocycles. The molecule has 1 rings (SSSR count). The minimum Gasteiger partial charge on any atom is -0.493 e. The van der Waals surface area contributed by atoms with Crippen LogP contribution < -0.4 is 14.8 Å². The van der Waals surface area contributed by atoms with Crippen molar-refractivity contribution >= 4 is 11.9 Å². The Labute approximate surface area is 105 Å². The third kappa shape index (κ3) is 3.97. The van der Waals surface area contributed by atoms with Crippen LogP contribution in [0.5, 0.6) is 11.5 Å². The van der Waals surface area contributed by atoms with E-state index < -0.39 is 5.97 Å². The van der Waals surface area contributed by atoms with Crippen LogP contribution in [-0.2, 0) is 16.0 Å². The normalized spacial score (nSPS) is 9.67. The molecular formula is C12H15NO5. The van der Waals surface area contributed by atoms with E-state index in [9.17, 15) is 9.59 Å². The van der Waals surface area contributed by atoms with E-state index >= 15 is 0 Å². The number of carboxylic acids is 1. The smallest absolute Gasteiger partial charge is 0.322 e. The van der Waals surface area contributed by atoms with E-state index in [0.29, 0.717) is 11.5 Å². The van der Waals surface area contributed by atoms with Gasteiger partial charge < -0.3 is 19.9 Å². The maximum Gasteiger partial charge on any atom is 0.322 e. The van der Waals surface area contributed by atoms with Gasteiger partial charge in [-0.05, 0) is 17.7 Å². The van der Waals surface area contributed by atoms with Crippen LogP contribution in [-0.4, -0.2) is 37.7 Å². The first-order chi connectivity index (χ1) is 8.56. The van der Waals surface area contributed by atoms with E-state index in [2.05, 4.69) is 5.32 Å². The molecule has 0 spiro atoms. The lowest BCUT2D eigenvalue weighted by Crippen LogP contribution is -2.30. The van der Waals surface area contributed by atoms with Gasteiger partial charge >= 0.3 is 5.97 Å². The Balaban J connectivity index is 2.67. The number of nitrogens with one attached hydrogen (secondary N) is 1. The molecule has 0 saturated heterocycles. The minimum absolute atomic E-state index is 0.0909. The zero-order chi connectivity index (χ0) is 13.5. The molecule has 0 atom stereocenters. The molecule has 0 bridgehead atoms. The molecule has 0 unspecified atom stereocenters. The molecule has 6 heteroatoms. The molecule has 0 radical (unpaired) electrons. The molecule has 1 amide bonds. The number of aliphatic carboxylic acids is 1. The van der Waals surface area contributed by atoms with Gasteiger partial charge in [0.05, 0.1) is 20.6 Å². The van der Waals surface area contributed by atoms with Crippen LogP contribution in [0.15, 0.2) is 18.2 Å². The van der Waals surface area contributed by atoms with E-state index in [0.717, 1.165) is 5.56 Å². The van der Waals surface area contributed by atoms with E-state index in [1.54, 1.807) is 18.2 Å². The maximum absolute atomic E-state index is 11.4. The lowest BCUT2D eigenvalue weighted by Gasteiger charge is -2.09. The van der Waals surface area contributed by atoms with Gasteiger partial charge in [0, 0.05) is 0 Å². The number of benzene rings is 1. The third-order valence-corrected chi connectivity index (χ3v) is 2.25. The number of rotatable bonds is 6. The van der Waals surface area contributed by atoms with Gasteiger partial charge in [0.25, 0.3) is 0 Å². The quantitative estimate of drug-likeness (QED) is 0.768. The molecule has 0 fully saturated rings. The van der Waals surface area contributed by atoms with Gasteiger partial charge in [-0.15, -0.1) is 0 Å². The minimum atomic E-state index is -1.07. The number of amides is 1. The van der Waals surface area contributed by atoms with Crippen molar-refractivity contribution in [3.63, 3.8) is 0 Å². The molecule has 6 nitrogen and oxygen atoms in total. The number of ether oxygens (including phenoxy) is 2. The van der Waals surface area contributed by atoms with Gasteiger partial charge in [-0.25, -0.2) is 0 Å². The van der Waals surface area contributed by atoms with Crippen LogP contribution in [0.25, 0.3) is 0 Å². The number of carbonyl (C=O) groups excluding carboxylic acids is 1. The highest BCUT2D eigenvalue weighted by molar-refractivity contribution is 5.82. The van der Waals surface area contributed by atoms with Gasteiger partial charge in [-0.2, -0.15) is 0 Å². The van der Waals surface area contributed by atoms with E-state index in [1.165, 1.54) is 14.2 Å². The summed E-state index contributed by atoms with van der Waals surface area (Å²) in [4.78, 5) is 21.7. The number of hydrogen-bond acceptors (Lipinski definition) is 4. The lowest BCUT2D eigenvalue weighted by atomic mass is 10.1. The van der Waals surface area contributed by atoms with Crippen LogP contribution in [0, 0.1) is 0 Å². The molecule has 98 valence electrons. The molecule has 0 aliphatic carbocycles. The fourth-order valence-electron chi connectivity index (χ4n) is 1.41. The second kappa shape index (κ2) is 6.48. The Morgan fingerprint density at radius 3 is 2.44 bits per heavy atom. The Hall–Kier alpha value is -2.24. The fraction of sp³-hybridized carbons (Fsp3) is 0.333. The molecular weight excluding hydrogens is 238 g/mol. The number of carboxylic acid groups (broad SMARTS) is 1. The number of methoxy groups -OCH3 is 2. The topological polar surface area (TPSA) is 84.9 Å². The van der Waals surface area contributed by atoms with Crippen molar-refractivity contribution in [3.8, 4) is 11.5 Å². The van der Waals surface area contributed by atoms with Crippen molar-refractivity contribution in [2.75, 3.05) is 20.8 Å². The Morgan fingerprint density at radius 1 is 1.22 bits per heavy atom. The summed E-state index contributed by atoms with van der Waals surface area (Å²) in [7, 11) is 3.03. The summed E-state index contributed by atoms with van der Waals surface area (Å²) in [5, 5.41) is 10.7. The van der Waals surface area contributed by atoms with Gasteiger partial charge in [0.2, 0.25) is 5.91 Å². The molecule has 0 aliphatic heterocycles. The maximum atomic E-state index is 11.4. The highest BCUT2D eigenvalue weighted by Gasteiger charge is 2.09. The summed E-state index contributed by atoms with van der Waals surface area (Å²) >= 11 is 0. The van der Waals surface area contributed by atoms with Crippen LogP contribution in [0.3, 0.4) is 0 Å². The van der Waals surface area contributed by atoms with E-state index in [1.807, 2.05) is 0 Å². The predicted octanol–water partition coefficient (Wildman–Crippen LogP) is 0.447. The molecule has 18 heavy (non-hydrogen) atoms. The van der Waals surface area contributed by atoms with Crippen molar-refractivity contribution in [2.24, 2.45) is 0 Å². The highest BCUT2D eigenvalue weighted by Crippen LogP contribution is 2.27. The van der Waals surface area contributed by atoms with Crippen LogP contribution in [0.2, 0.25) is 0 Å². The molecule has 0 saturated carbocycles. The first-order valence-corrected chi connectivity index (χ1v) is 5.26. The number of hydrogen-bond donors (Lipinski definition) is 2. The molecule has 0 aromatic heterocycles. The van der Waals surface area contributed by atoms with Crippen molar-refractivity contribution < 1.29 is 24.2 Å². The van der Waals surface area contributed by atoms with E-state index in [4.69, 9.17) is 14.6 Å². The van der Waals surface area contributed by atoms with Crippen molar-refractivity contribution in [1.29, 1.82) is 0 Å². The van der Waals surface area contributed by atoms with E-state index in [-0.39, 0.29) is 18.9 Å². The fourth-order valence-corrected chi connectivity index (χ4v) is 1.41. The van der Waals surface area contributed by atoms with Crippen LogP contribution in [0.4, 0.5) is 0 Å². The van der Waals surface area contributed by atoms with Crippen molar-refractivity contribution in [3.05, 3.63) is 23.8 Å². The summed E-state index contributed by atoms with van der Waals surface area (Å²) in [5.41, 5.74) is 0.718. The summed E-state index contributed by atoms with van der Waals surface area (Å²) in [6, 6.07) is 5.10. The lowest BCUT2D eigenvalue weighted by molar-refractivity contribution is -0.137. The molecule has 1 aromatic rings. The third-order valence-electron chi connectivity index (χ3n) is 2.25. The SMILES string of the molecule is COc1ccc(CC(=O)NCC(=O)O)cc1OC. The highest BCUT2D eigenvalue weighted by atomic mass is 16.5. The van der Waals surface area contributed by atoms with Crippen LogP contribution >= 0.6 is 0 Å². The first kappa shape index (κ1) is 13.8. The predicted molar refractivity (Wildman–Crippen MR) is 63.9 cm³/mol. The second-order valence-corrected chi connectivity index (χ2v) is 3.54.